The molecular formula is C10H22OSi. The van der Waals surface area contributed by atoms with E-state index in [2.05, 4.69) is 39.6 Å². The van der Waals surface area contributed by atoms with Crippen LogP contribution < -0.4 is 0 Å². The molecule has 12 heavy (non-hydrogen) atoms. The summed E-state index contributed by atoms with van der Waals surface area (Å²) in [6.45, 7) is 13.3. The molecule has 72 valence electrons. The fourth-order valence-corrected chi connectivity index (χ4v) is 1.89. The molecule has 2 heteroatoms. The Morgan fingerprint density at radius 3 is 1.92 bits per heavy atom. The molecule has 0 saturated heterocycles. The van der Waals surface area contributed by atoms with E-state index in [1.54, 1.807) is 6.92 Å². The summed E-state index contributed by atoms with van der Waals surface area (Å²) in [5.41, 5.74) is 2.23. The SMILES string of the molecule is C[C@@H](O)/C=C/[Si](C)(C)C(C)(C)C. The lowest BCUT2D eigenvalue weighted by Gasteiger charge is -2.34. The van der Waals surface area contributed by atoms with Crippen LogP contribution in [0.15, 0.2) is 11.8 Å². The molecule has 0 bridgehead atoms. The Labute approximate surface area is 77.5 Å². The molecule has 0 aromatic rings. The third kappa shape index (κ3) is 3.54. The predicted molar refractivity (Wildman–Crippen MR) is 58.0 cm³/mol. The smallest absolute Gasteiger partial charge is 0.0767 e. The molecule has 0 unspecified atom stereocenters. The van der Waals surface area contributed by atoms with Gasteiger partial charge in [0.05, 0.1) is 14.2 Å². The molecule has 0 aliphatic rings. The van der Waals surface area contributed by atoms with E-state index in [1.165, 1.54) is 0 Å². The standard InChI is InChI=1S/C10H22OSi/c1-9(11)7-8-12(5,6)10(2,3)4/h7-9,11H,1-6H3/b8-7+/t9-/m1/s1. The first-order valence-corrected chi connectivity index (χ1v) is 7.62. The number of aliphatic hydroxyl groups excluding tert-OH is 1. The highest BCUT2D eigenvalue weighted by molar-refractivity contribution is 6.84. The van der Waals surface area contributed by atoms with Crippen LogP contribution in [0.5, 0.6) is 0 Å². The van der Waals surface area contributed by atoms with Crippen LogP contribution in [0.1, 0.15) is 27.7 Å². The maximum absolute atomic E-state index is 9.12. The van der Waals surface area contributed by atoms with Crippen molar-refractivity contribution in [2.45, 2.75) is 51.9 Å². The van der Waals surface area contributed by atoms with Gasteiger partial charge in [0, 0.05) is 0 Å². The molecule has 1 atom stereocenters. The summed E-state index contributed by atoms with van der Waals surface area (Å²) in [7, 11) is -1.31. The summed E-state index contributed by atoms with van der Waals surface area (Å²) in [5, 5.41) is 9.49. The van der Waals surface area contributed by atoms with Crippen molar-refractivity contribution in [1.29, 1.82) is 0 Å². The molecule has 0 aliphatic carbocycles. The van der Waals surface area contributed by atoms with Gasteiger partial charge in [-0.1, -0.05) is 45.6 Å². The third-order valence-electron chi connectivity index (χ3n) is 2.72. The Morgan fingerprint density at radius 1 is 1.25 bits per heavy atom. The molecular weight excluding hydrogens is 164 g/mol. The fraction of sp³-hybridized carbons (Fsp3) is 0.800. The average molecular weight is 186 g/mol. The van der Waals surface area contributed by atoms with E-state index in [0.717, 1.165) is 0 Å². The lowest BCUT2D eigenvalue weighted by atomic mass is 10.2. The number of aliphatic hydroxyl groups is 1. The molecule has 0 radical (unpaired) electrons. The summed E-state index contributed by atoms with van der Waals surface area (Å²) >= 11 is 0. The minimum Gasteiger partial charge on any atom is -0.389 e. The van der Waals surface area contributed by atoms with Gasteiger partial charge in [-0.25, -0.2) is 0 Å². The van der Waals surface area contributed by atoms with Crippen LogP contribution in [-0.2, 0) is 0 Å². The van der Waals surface area contributed by atoms with Gasteiger partial charge in [-0.3, -0.25) is 0 Å². The molecule has 0 rings (SSSR count). The van der Waals surface area contributed by atoms with Crippen molar-refractivity contribution >= 4 is 8.07 Å². The highest BCUT2D eigenvalue weighted by Gasteiger charge is 2.32. The Hall–Kier alpha value is -0.0831. The van der Waals surface area contributed by atoms with Crippen molar-refractivity contribution in [1.82, 2.24) is 0 Å². The van der Waals surface area contributed by atoms with Crippen molar-refractivity contribution in [3.8, 4) is 0 Å². The Morgan fingerprint density at radius 2 is 1.67 bits per heavy atom. The van der Waals surface area contributed by atoms with Gasteiger partial charge in [0.15, 0.2) is 0 Å². The van der Waals surface area contributed by atoms with E-state index < -0.39 is 8.07 Å². The summed E-state index contributed by atoms with van der Waals surface area (Å²) in [4.78, 5) is 0. The second-order valence-corrected chi connectivity index (χ2v) is 10.3. The van der Waals surface area contributed by atoms with Crippen LogP contribution in [0.4, 0.5) is 0 Å². The zero-order valence-corrected chi connectivity index (χ0v) is 10.2. The molecule has 0 aromatic carbocycles. The second-order valence-electron chi connectivity index (χ2n) is 5.07. The van der Waals surface area contributed by atoms with Gasteiger partial charge in [-0.15, -0.1) is 0 Å². The van der Waals surface area contributed by atoms with E-state index >= 15 is 0 Å². The Balaban J connectivity index is 4.43. The molecule has 1 nitrogen and oxygen atoms in total. The van der Waals surface area contributed by atoms with Crippen molar-refractivity contribution in [2.24, 2.45) is 0 Å². The topological polar surface area (TPSA) is 20.2 Å². The van der Waals surface area contributed by atoms with Crippen LogP contribution in [0.2, 0.25) is 18.1 Å². The van der Waals surface area contributed by atoms with Crippen molar-refractivity contribution in [3.63, 3.8) is 0 Å². The van der Waals surface area contributed by atoms with Crippen LogP contribution in [0.3, 0.4) is 0 Å². The van der Waals surface area contributed by atoms with E-state index in [1.807, 2.05) is 6.08 Å². The lowest BCUT2D eigenvalue weighted by molar-refractivity contribution is 0.244. The van der Waals surface area contributed by atoms with Crippen molar-refractivity contribution in [2.75, 3.05) is 0 Å². The van der Waals surface area contributed by atoms with Crippen molar-refractivity contribution in [3.05, 3.63) is 11.8 Å². The zero-order valence-electron chi connectivity index (χ0n) is 9.18. The summed E-state index contributed by atoms with van der Waals surface area (Å²) in [6.07, 6.45) is 1.61. The normalized spacial score (nSPS) is 16.9. The third-order valence-corrected chi connectivity index (χ3v) is 7.62. The van der Waals surface area contributed by atoms with Crippen LogP contribution in [0.25, 0.3) is 0 Å². The van der Waals surface area contributed by atoms with E-state index in [9.17, 15) is 0 Å². The number of hydrogen-bond acceptors (Lipinski definition) is 1. The first-order valence-electron chi connectivity index (χ1n) is 4.54. The van der Waals surface area contributed by atoms with Gasteiger partial charge >= 0.3 is 0 Å². The molecule has 0 heterocycles. The number of rotatable bonds is 2. The minimum atomic E-state index is -1.31. The number of hydrogen-bond donors (Lipinski definition) is 1. The Kier molecular flexibility index (Phi) is 3.73. The monoisotopic (exact) mass is 186 g/mol. The van der Waals surface area contributed by atoms with Crippen LogP contribution >= 0.6 is 0 Å². The van der Waals surface area contributed by atoms with E-state index in [4.69, 9.17) is 5.11 Å². The molecule has 1 N–H and O–H groups in total. The van der Waals surface area contributed by atoms with Gasteiger partial charge in [0.1, 0.15) is 0 Å². The highest BCUT2D eigenvalue weighted by Crippen LogP contribution is 2.36. The maximum atomic E-state index is 9.12. The first-order chi connectivity index (χ1) is 5.17. The molecule has 0 spiro atoms. The van der Waals surface area contributed by atoms with Crippen LogP contribution in [0, 0.1) is 0 Å². The molecule has 0 saturated carbocycles. The van der Waals surface area contributed by atoms with Gasteiger partial charge in [-0.2, -0.15) is 0 Å². The molecule has 0 aromatic heterocycles. The molecule has 0 fully saturated rings. The summed E-state index contributed by atoms with van der Waals surface area (Å²) in [6, 6.07) is 0. The molecule has 0 amide bonds. The quantitative estimate of drug-likeness (QED) is 0.657. The highest BCUT2D eigenvalue weighted by atomic mass is 28.3. The fourth-order valence-electron chi connectivity index (χ4n) is 0.630. The van der Waals surface area contributed by atoms with Gasteiger partial charge < -0.3 is 5.11 Å². The van der Waals surface area contributed by atoms with Crippen molar-refractivity contribution < 1.29 is 5.11 Å². The zero-order chi connectivity index (χ0) is 9.99. The van der Waals surface area contributed by atoms with Gasteiger partial charge in [0.25, 0.3) is 0 Å². The van der Waals surface area contributed by atoms with E-state index in [0.29, 0.717) is 5.04 Å². The van der Waals surface area contributed by atoms with Gasteiger partial charge in [0.2, 0.25) is 0 Å². The predicted octanol–water partition coefficient (Wildman–Crippen LogP) is 2.97. The molecule has 0 aliphatic heterocycles. The largest absolute Gasteiger partial charge is 0.389 e. The lowest BCUT2D eigenvalue weighted by Crippen LogP contribution is -2.35. The maximum Gasteiger partial charge on any atom is 0.0767 e. The second kappa shape index (κ2) is 3.75. The minimum absolute atomic E-state index is 0.306. The average Bonchev–Trinajstić information content (AvgIpc) is 1.81. The first kappa shape index (κ1) is 11.9. The Bertz CT molecular complexity index is 163. The summed E-state index contributed by atoms with van der Waals surface area (Å²) < 4.78 is 0. The van der Waals surface area contributed by atoms with E-state index in [-0.39, 0.29) is 6.10 Å². The van der Waals surface area contributed by atoms with Gasteiger partial charge in [-0.05, 0) is 12.0 Å². The van der Waals surface area contributed by atoms with Crippen LogP contribution in [-0.4, -0.2) is 19.3 Å². The summed E-state index contributed by atoms with van der Waals surface area (Å²) in [5.74, 6) is 0.